The molecule has 1 saturated carbocycles. The Morgan fingerprint density at radius 3 is 2.72 bits per heavy atom. The van der Waals surface area contributed by atoms with Gasteiger partial charge in [0.05, 0.1) is 18.1 Å². The smallest absolute Gasteiger partial charge is 0.191 e. The quantitative estimate of drug-likeness (QED) is 0.603. The third-order valence-electron chi connectivity index (χ3n) is 4.45. The molecule has 5 rings (SSSR count). The Morgan fingerprint density at radius 1 is 1.16 bits per heavy atom. The third kappa shape index (κ3) is 2.65. The van der Waals surface area contributed by atoms with Crippen LogP contribution in [0.25, 0.3) is 17.0 Å². The van der Waals surface area contributed by atoms with Gasteiger partial charge in [0.2, 0.25) is 0 Å². The molecule has 1 N–H and O–H groups in total. The molecule has 3 heterocycles. The second kappa shape index (κ2) is 5.44. The molecule has 1 aliphatic carbocycles. The van der Waals surface area contributed by atoms with Crippen molar-refractivity contribution in [3.63, 3.8) is 0 Å². The van der Waals surface area contributed by atoms with Crippen LogP contribution in [0.15, 0.2) is 53.6 Å². The summed E-state index contributed by atoms with van der Waals surface area (Å²) in [5.74, 6) is 2.06. The summed E-state index contributed by atoms with van der Waals surface area (Å²) in [6, 6.07) is 8.05. The lowest BCUT2D eigenvalue weighted by Gasteiger charge is -2.07. The SMILES string of the molecule is Cc1ncc(-c2ccc(Nc3cncn4cc(C5CC5)nc34)cc2)o1. The van der Waals surface area contributed by atoms with Gasteiger partial charge in [0.15, 0.2) is 17.3 Å². The number of hydrogen-bond donors (Lipinski definition) is 1. The van der Waals surface area contributed by atoms with E-state index in [1.165, 1.54) is 12.8 Å². The number of aryl methyl sites for hydroxylation is 1. The van der Waals surface area contributed by atoms with E-state index in [1.54, 1.807) is 12.5 Å². The van der Waals surface area contributed by atoms with E-state index >= 15 is 0 Å². The van der Waals surface area contributed by atoms with Crippen molar-refractivity contribution in [2.75, 3.05) is 5.32 Å². The Balaban J connectivity index is 1.44. The van der Waals surface area contributed by atoms with Crippen LogP contribution >= 0.6 is 0 Å². The molecule has 6 nitrogen and oxygen atoms in total. The molecular weight excluding hydrogens is 314 g/mol. The van der Waals surface area contributed by atoms with Crippen LogP contribution in [-0.4, -0.2) is 19.4 Å². The molecule has 1 aliphatic rings. The number of hydrogen-bond acceptors (Lipinski definition) is 5. The highest BCUT2D eigenvalue weighted by Crippen LogP contribution is 2.39. The first-order valence-electron chi connectivity index (χ1n) is 8.39. The number of nitrogens with zero attached hydrogens (tertiary/aromatic N) is 4. The maximum absolute atomic E-state index is 5.56. The molecule has 0 bridgehead atoms. The van der Waals surface area contributed by atoms with Gasteiger partial charge in [-0.05, 0) is 37.1 Å². The lowest BCUT2D eigenvalue weighted by molar-refractivity contribution is 0.534. The predicted octanol–water partition coefficient (Wildman–Crippen LogP) is 4.31. The van der Waals surface area contributed by atoms with Crippen molar-refractivity contribution in [2.45, 2.75) is 25.7 Å². The van der Waals surface area contributed by atoms with Crippen molar-refractivity contribution in [3.05, 3.63) is 60.8 Å². The number of benzene rings is 1. The first-order valence-corrected chi connectivity index (χ1v) is 8.39. The lowest BCUT2D eigenvalue weighted by Crippen LogP contribution is -1.96. The van der Waals surface area contributed by atoms with E-state index < -0.39 is 0 Å². The third-order valence-corrected chi connectivity index (χ3v) is 4.45. The van der Waals surface area contributed by atoms with Crippen LogP contribution in [0.2, 0.25) is 0 Å². The molecule has 124 valence electrons. The molecule has 25 heavy (non-hydrogen) atoms. The van der Waals surface area contributed by atoms with Crippen LogP contribution in [0.4, 0.5) is 11.4 Å². The van der Waals surface area contributed by atoms with Gasteiger partial charge in [0, 0.05) is 30.3 Å². The number of fused-ring (bicyclic) bond motifs is 1. The van der Waals surface area contributed by atoms with Gasteiger partial charge >= 0.3 is 0 Å². The average Bonchev–Trinajstić information content (AvgIpc) is 3.24. The summed E-state index contributed by atoms with van der Waals surface area (Å²) in [7, 11) is 0. The number of anilines is 2. The summed E-state index contributed by atoms with van der Waals surface area (Å²) >= 11 is 0. The molecule has 0 radical (unpaired) electrons. The molecule has 0 atom stereocenters. The normalized spacial score (nSPS) is 14.1. The molecule has 0 spiro atoms. The fourth-order valence-corrected chi connectivity index (χ4v) is 2.97. The Bertz CT molecular complexity index is 1040. The van der Waals surface area contributed by atoms with Gasteiger partial charge in [-0.2, -0.15) is 0 Å². The van der Waals surface area contributed by atoms with E-state index in [1.807, 2.05) is 41.8 Å². The first-order chi connectivity index (χ1) is 12.3. The van der Waals surface area contributed by atoms with Gasteiger partial charge in [0.1, 0.15) is 12.0 Å². The van der Waals surface area contributed by atoms with Crippen LogP contribution in [0.5, 0.6) is 0 Å². The van der Waals surface area contributed by atoms with Crippen molar-refractivity contribution >= 4 is 17.0 Å². The summed E-state index contributed by atoms with van der Waals surface area (Å²) in [6.45, 7) is 1.84. The van der Waals surface area contributed by atoms with Crippen molar-refractivity contribution < 1.29 is 4.42 Å². The number of rotatable bonds is 4. The Hall–Kier alpha value is -3.15. The van der Waals surface area contributed by atoms with Crippen LogP contribution in [-0.2, 0) is 0 Å². The fraction of sp³-hybridized carbons (Fsp3) is 0.211. The standard InChI is InChI=1S/C19H17N5O/c1-12-21-9-18(25-12)14-4-6-15(7-5-14)22-16-8-20-11-24-10-17(13-2-3-13)23-19(16)24/h4-11,13,22H,2-3H2,1H3. The van der Waals surface area contributed by atoms with Gasteiger partial charge < -0.3 is 9.73 Å². The minimum atomic E-state index is 0.623. The highest BCUT2D eigenvalue weighted by Gasteiger charge is 2.26. The van der Waals surface area contributed by atoms with Crippen LogP contribution in [0, 0.1) is 6.92 Å². The Morgan fingerprint density at radius 2 is 2.00 bits per heavy atom. The second-order valence-electron chi connectivity index (χ2n) is 6.42. The summed E-state index contributed by atoms with van der Waals surface area (Å²) in [4.78, 5) is 13.2. The predicted molar refractivity (Wildman–Crippen MR) is 94.9 cm³/mol. The molecule has 0 amide bonds. The van der Waals surface area contributed by atoms with E-state index in [9.17, 15) is 0 Å². The van der Waals surface area contributed by atoms with Crippen LogP contribution in [0.3, 0.4) is 0 Å². The minimum Gasteiger partial charge on any atom is -0.441 e. The number of oxazole rings is 1. The molecule has 3 aromatic heterocycles. The molecule has 6 heteroatoms. The molecule has 0 saturated heterocycles. The van der Waals surface area contributed by atoms with Gasteiger partial charge in [-0.15, -0.1) is 0 Å². The molecule has 0 unspecified atom stereocenters. The van der Waals surface area contributed by atoms with Gasteiger partial charge in [-0.25, -0.2) is 15.0 Å². The van der Waals surface area contributed by atoms with Crippen molar-refractivity contribution in [3.8, 4) is 11.3 Å². The van der Waals surface area contributed by atoms with Crippen molar-refractivity contribution in [1.82, 2.24) is 19.4 Å². The number of aromatic nitrogens is 4. The lowest BCUT2D eigenvalue weighted by atomic mass is 10.1. The average molecular weight is 331 g/mol. The summed E-state index contributed by atoms with van der Waals surface area (Å²) in [5, 5.41) is 3.41. The molecule has 1 fully saturated rings. The van der Waals surface area contributed by atoms with E-state index in [4.69, 9.17) is 9.40 Å². The summed E-state index contributed by atoms with van der Waals surface area (Å²) in [6.07, 6.45) is 9.92. The molecule has 1 aromatic carbocycles. The monoisotopic (exact) mass is 331 g/mol. The first kappa shape index (κ1) is 14.2. The maximum atomic E-state index is 5.56. The number of imidazole rings is 1. The molecule has 0 aliphatic heterocycles. The highest BCUT2D eigenvalue weighted by molar-refractivity contribution is 5.74. The van der Waals surface area contributed by atoms with Gasteiger partial charge in [-0.3, -0.25) is 4.40 Å². The van der Waals surface area contributed by atoms with Gasteiger partial charge in [0.25, 0.3) is 0 Å². The van der Waals surface area contributed by atoms with E-state index in [0.717, 1.165) is 34.0 Å². The minimum absolute atomic E-state index is 0.623. The van der Waals surface area contributed by atoms with Crippen LogP contribution in [0.1, 0.15) is 30.3 Å². The highest BCUT2D eigenvalue weighted by atomic mass is 16.4. The largest absolute Gasteiger partial charge is 0.441 e. The Labute approximate surface area is 144 Å². The summed E-state index contributed by atoms with van der Waals surface area (Å²) < 4.78 is 7.55. The second-order valence-corrected chi connectivity index (χ2v) is 6.42. The Kier molecular flexibility index (Phi) is 3.09. The van der Waals surface area contributed by atoms with Crippen molar-refractivity contribution in [1.29, 1.82) is 0 Å². The maximum Gasteiger partial charge on any atom is 0.191 e. The van der Waals surface area contributed by atoms with E-state index in [-0.39, 0.29) is 0 Å². The van der Waals surface area contributed by atoms with E-state index in [0.29, 0.717) is 11.8 Å². The van der Waals surface area contributed by atoms with Gasteiger partial charge in [-0.1, -0.05) is 0 Å². The van der Waals surface area contributed by atoms with Crippen molar-refractivity contribution in [2.24, 2.45) is 0 Å². The zero-order chi connectivity index (χ0) is 16.8. The summed E-state index contributed by atoms with van der Waals surface area (Å²) in [5.41, 5.74) is 4.95. The fourth-order valence-electron chi connectivity index (χ4n) is 2.97. The zero-order valence-corrected chi connectivity index (χ0v) is 13.8. The van der Waals surface area contributed by atoms with E-state index in [2.05, 4.69) is 21.5 Å². The molecule has 4 aromatic rings. The zero-order valence-electron chi connectivity index (χ0n) is 13.8. The van der Waals surface area contributed by atoms with Crippen LogP contribution < -0.4 is 5.32 Å². The molecular formula is C19H17N5O. The number of nitrogens with one attached hydrogen (secondary N) is 1. The topological polar surface area (TPSA) is 68.2 Å².